The van der Waals surface area contributed by atoms with Gasteiger partial charge in [-0.05, 0) is 25.7 Å². The van der Waals surface area contributed by atoms with Crippen molar-refractivity contribution in [1.29, 1.82) is 0 Å². The van der Waals surface area contributed by atoms with Gasteiger partial charge in [-0.2, -0.15) is 0 Å². The van der Waals surface area contributed by atoms with Crippen LogP contribution in [0.2, 0.25) is 0 Å². The molecule has 1 unspecified atom stereocenters. The molecular formula is C8H14Br2O2. The smallest absolute Gasteiger partial charge is 0.157 e. The van der Waals surface area contributed by atoms with E-state index in [0.717, 1.165) is 26.1 Å². The molecule has 0 radical (unpaired) electrons. The van der Waals surface area contributed by atoms with E-state index in [-0.39, 0.29) is 6.29 Å². The van der Waals surface area contributed by atoms with Gasteiger partial charge in [0.15, 0.2) is 6.29 Å². The van der Waals surface area contributed by atoms with Crippen molar-refractivity contribution in [2.45, 2.75) is 35.7 Å². The maximum absolute atomic E-state index is 5.51. The third-order valence-electron chi connectivity index (χ3n) is 1.78. The normalized spacial score (nSPS) is 24.8. The summed E-state index contributed by atoms with van der Waals surface area (Å²) in [5.74, 6) is 0. The lowest BCUT2D eigenvalue weighted by Crippen LogP contribution is -2.23. The highest BCUT2D eigenvalue weighted by molar-refractivity contribution is 9.24. The van der Waals surface area contributed by atoms with E-state index in [9.17, 15) is 0 Å². The molecule has 0 bridgehead atoms. The second kappa shape index (κ2) is 6.35. The molecule has 0 spiro atoms. The van der Waals surface area contributed by atoms with Gasteiger partial charge in [0.05, 0.1) is 10.3 Å². The zero-order chi connectivity index (χ0) is 8.81. The summed E-state index contributed by atoms with van der Waals surface area (Å²) in [4.78, 5) is 0. The first kappa shape index (κ1) is 11.0. The van der Waals surface area contributed by atoms with Gasteiger partial charge in [-0.25, -0.2) is 0 Å². The lowest BCUT2D eigenvalue weighted by atomic mass is 10.2. The van der Waals surface area contributed by atoms with Crippen molar-refractivity contribution in [1.82, 2.24) is 0 Å². The number of alkyl halides is 2. The first-order valence-corrected chi connectivity index (χ1v) is 6.13. The summed E-state index contributed by atoms with van der Waals surface area (Å²) < 4.78 is 11.3. The van der Waals surface area contributed by atoms with Gasteiger partial charge in [-0.15, -0.1) is 0 Å². The summed E-state index contributed by atoms with van der Waals surface area (Å²) in [6.45, 7) is 1.61. The number of ether oxygens (including phenoxy) is 2. The van der Waals surface area contributed by atoms with Crippen LogP contribution in [-0.4, -0.2) is 23.2 Å². The van der Waals surface area contributed by atoms with E-state index < -0.39 is 0 Å². The molecule has 2 nitrogen and oxygen atoms in total. The standard InChI is InChI=1S/C8H14Br2O2/c9-7(10)4-6-12-8-3-1-2-5-11-8/h7-8H,1-6H2. The minimum atomic E-state index is 0.0532. The van der Waals surface area contributed by atoms with Crippen molar-refractivity contribution < 1.29 is 9.47 Å². The monoisotopic (exact) mass is 300 g/mol. The fraction of sp³-hybridized carbons (Fsp3) is 1.00. The first-order valence-electron chi connectivity index (χ1n) is 4.30. The summed E-state index contributed by atoms with van der Waals surface area (Å²) in [6, 6.07) is 0. The number of rotatable bonds is 4. The van der Waals surface area contributed by atoms with Gasteiger partial charge in [-0.3, -0.25) is 0 Å². The average molecular weight is 302 g/mol. The van der Waals surface area contributed by atoms with Crippen LogP contribution in [0.15, 0.2) is 0 Å². The quantitative estimate of drug-likeness (QED) is 0.743. The molecule has 0 aromatic carbocycles. The molecule has 1 rings (SSSR count). The summed E-state index contributed by atoms with van der Waals surface area (Å²) in [7, 11) is 0. The molecule has 72 valence electrons. The van der Waals surface area contributed by atoms with Crippen LogP contribution in [-0.2, 0) is 9.47 Å². The van der Waals surface area contributed by atoms with Crippen LogP contribution in [0.1, 0.15) is 25.7 Å². The molecule has 0 aromatic heterocycles. The number of halogens is 2. The molecule has 0 amide bonds. The van der Waals surface area contributed by atoms with Crippen molar-refractivity contribution in [3.63, 3.8) is 0 Å². The van der Waals surface area contributed by atoms with E-state index in [1.807, 2.05) is 0 Å². The SMILES string of the molecule is BrC(Br)CCOC1CCCCO1. The van der Waals surface area contributed by atoms with Crippen LogP contribution in [0.25, 0.3) is 0 Å². The van der Waals surface area contributed by atoms with Crippen molar-refractivity contribution in [2.75, 3.05) is 13.2 Å². The Morgan fingerprint density at radius 3 is 2.83 bits per heavy atom. The molecule has 0 saturated carbocycles. The molecule has 1 fully saturated rings. The fourth-order valence-corrected chi connectivity index (χ4v) is 1.51. The van der Waals surface area contributed by atoms with E-state index in [2.05, 4.69) is 31.9 Å². The number of hydrogen-bond acceptors (Lipinski definition) is 2. The van der Waals surface area contributed by atoms with Gasteiger partial charge < -0.3 is 9.47 Å². The highest BCUT2D eigenvalue weighted by Gasteiger charge is 2.13. The summed E-state index contributed by atoms with van der Waals surface area (Å²) >= 11 is 6.79. The lowest BCUT2D eigenvalue weighted by Gasteiger charge is -2.22. The van der Waals surface area contributed by atoms with E-state index in [4.69, 9.17) is 9.47 Å². The van der Waals surface area contributed by atoms with Crippen LogP contribution in [0, 0.1) is 0 Å². The fourth-order valence-electron chi connectivity index (χ4n) is 1.13. The minimum absolute atomic E-state index is 0.0532. The molecule has 12 heavy (non-hydrogen) atoms. The Hall–Kier alpha value is 0.880. The molecule has 1 heterocycles. The Morgan fingerprint density at radius 2 is 2.25 bits per heavy atom. The predicted molar refractivity (Wildman–Crippen MR) is 55.8 cm³/mol. The van der Waals surface area contributed by atoms with Gasteiger partial charge in [0.1, 0.15) is 0 Å². The Labute approximate surface area is 90.3 Å². The Balaban J connectivity index is 1.98. The van der Waals surface area contributed by atoms with Crippen LogP contribution < -0.4 is 0 Å². The van der Waals surface area contributed by atoms with E-state index in [1.54, 1.807) is 0 Å². The van der Waals surface area contributed by atoms with Crippen molar-refractivity contribution in [3.05, 3.63) is 0 Å². The maximum Gasteiger partial charge on any atom is 0.157 e. The van der Waals surface area contributed by atoms with Gasteiger partial charge in [0.2, 0.25) is 0 Å². The Bertz CT molecular complexity index is 114. The minimum Gasteiger partial charge on any atom is -0.353 e. The Morgan fingerprint density at radius 1 is 1.42 bits per heavy atom. The van der Waals surface area contributed by atoms with Gasteiger partial charge >= 0.3 is 0 Å². The molecule has 1 aliphatic rings. The van der Waals surface area contributed by atoms with E-state index in [1.165, 1.54) is 12.8 Å². The van der Waals surface area contributed by atoms with Gasteiger partial charge in [0, 0.05) is 6.61 Å². The average Bonchev–Trinajstić information content (AvgIpc) is 2.05. The molecule has 0 aliphatic carbocycles. The van der Waals surface area contributed by atoms with Crippen molar-refractivity contribution in [2.24, 2.45) is 0 Å². The zero-order valence-electron chi connectivity index (χ0n) is 6.97. The zero-order valence-corrected chi connectivity index (χ0v) is 10.1. The highest BCUT2D eigenvalue weighted by Crippen LogP contribution is 2.16. The van der Waals surface area contributed by atoms with Crippen LogP contribution in [0.5, 0.6) is 0 Å². The molecule has 1 aliphatic heterocycles. The van der Waals surface area contributed by atoms with E-state index >= 15 is 0 Å². The molecule has 1 saturated heterocycles. The van der Waals surface area contributed by atoms with Crippen LogP contribution in [0.3, 0.4) is 0 Å². The first-order chi connectivity index (χ1) is 5.79. The van der Waals surface area contributed by atoms with Crippen molar-refractivity contribution in [3.8, 4) is 0 Å². The van der Waals surface area contributed by atoms with E-state index in [0.29, 0.717) is 3.74 Å². The van der Waals surface area contributed by atoms with Gasteiger partial charge in [0.25, 0.3) is 0 Å². The third kappa shape index (κ3) is 4.80. The molecule has 4 heteroatoms. The van der Waals surface area contributed by atoms with Crippen molar-refractivity contribution >= 4 is 31.9 Å². The lowest BCUT2D eigenvalue weighted by molar-refractivity contribution is -0.162. The van der Waals surface area contributed by atoms with Crippen LogP contribution >= 0.6 is 31.9 Å². The highest BCUT2D eigenvalue weighted by atomic mass is 79.9. The second-order valence-electron chi connectivity index (χ2n) is 2.85. The number of hydrogen-bond donors (Lipinski definition) is 0. The predicted octanol–water partition coefficient (Wildman–Crippen LogP) is 3.04. The summed E-state index contributed by atoms with van der Waals surface area (Å²) in [5.41, 5.74) is 0. The Kier molecular flexibility index (Phi) is 5.80. The third-order valence-corrected chi connectivity index (χ3v) is 2.69. The molecule has 0 N–H and O–H groups in total. The molecule has 0 aromatic rings. The topological polar surface area (TPSA) is 18.5 Å². The maximum atomic E-state index is 5.51. The molecule has 1 atom stereocenters. The summed E-state index contributed by atoms with van der Waals surface area (Å²) in [5, 5.41) is 0. The summed E-state index contributed by atoms with van der Waals surface area (Å²) in [6.07, 6.45) is 4.49. The van der Waals surface area contributed by atoms with Crippen LogP contribution in [0.4, 0.5) is 0 Å². The molecular weight excluding hydrogens is 288 g/mol. The second-order valence-corrected chi connectivity index (χ2v) is 6.29. The largest absolute Gasteiger partial charge is 0.353 e. The van der Waals surface area contributed by atoms with Gasteiger partial charge in [-0.1, -0.05) is 31.9 Å².